The Hall–Kier alpha value is -1.14. The number of carboxylic acid groups (broad SMARTS) is 1. The molecule has 17 heavy (non-hydrogen) atoms. The first kappa shape index (κ1) is 13.9. The minimum absolute atomic E-state index is 0.0270. The van der Waals surface area contributed by atoms with Crippen LogP contribution in [0.1, 0.15) is 26.7 Å². The van der Waals surface area contributed by atoms with Gasteiger partial charge < -0.3 is 14.8 Å². The number of hydrogen-bond donors (Lipinski definition) is 2. The van der Waals surface area contributed by atoms with Gasteiger partial charge in [-0.15, -0.1) is 0 Å². The van der Waals surface area contributed by atoms with Crippen LogP contribution in [-0.4, -0.2) is 29.8 Å². The molecule has 0 aromatic heterocycles. The van der Waals surface area contributed by atoms with Gasteiger partial charge in [0.1, 0.15) is 5.83 Å². The molecule has 0 aromatic rings. The molecule has 1 unspecified atom stereocenters. The Kier molecular flexibility index (Phi) is 4.90. The van der Waals surface area contributed by atoms with E-state index in [9.17, 15) is 14.2 Å². The zero-order valence-corrected chi connectivity index (χ0v) is 9.94. The molecule has 0 spiro atoms. The van der Waals surface area contributed by atoms with Crippen LogP contribution in [0.5, 0.6) is 0 Å². The number of carbonyl (C=O) groups is 1. The Morgan fingerprint density at radius 3 is 2.76 bits per heavy atom. The van der Waals surface area contributed by atoms with Gasteiger partial charge in [0, 0.05) is 11.4 Å². The molecule has 6 heteroatoms. The normalized spacial score (nSPS) is 22.7. The molecule has 1 saturated heterocycles. The van der Waals surface area contributed by atoms with Crippen LogP contribution in [0.2, 0.25) is 5.82 Å². The maximum atomic E-state index is 13.3. The van der Waals surface area contributed by atoms with Crippen molar-refractivity contribution in [3.05, 3.63) is 23.0 Å². The van der Waals surface area contributed by atoms with E-state index < -0.39 is 24.7 Å². The van der Waals surface area contributed by atoms with Crippen molar-refractivity contribution in [3.63, 3.8) is 0 Å². The molecule has 2 rings (SSSR count). The van der Waals surface area contributed by atoms with Gasteiger partial charge in [-0.3, -0.25) is 0 Å². The highest BCUT2D eigenvalue weighted by atomic mass is 19.1. The van der Waals surface area contributed by atoms with Gasteiger partial charge in [-0.05, 0) is 18.1 Å². The second-order valence-corrected chi connectivity index (χ2v) is 4.07. The van der Waals surface area contributed by atoms with E-state index in [1.54, 1.807) is 0 Å². The minimum atomic E-state index is -1.15. The Labute approximate surface area is 99.9 Å². The average molecular weight is 242 g/mol. The van der Waals surface area contributed by atoms with Gasteiger partial charge in [-0.1, -0.05) is 20.3 Å². The number of hydrogen-bond acceptors (Lipinski definition) is 3. The number of carboxylic acids is 1. The number of fused-ring (bicyclic) bond motifs is 1. The molecule has 4 nitrogen and oxygen atoms in total. The standard InChI is InChI=1S/C8H8BFO4.C3H8/c10-7-2-4(8(11)12)1-6-5(7)3-14-9(6)13;1-3-2/h2,6,13H,1,3H2,(H,11,12);3H2,1-2H3. The first-order valence-electron chi connectivity index (χ1n) is 5.63. The molecule has 1 aliphatic carbocycles. The summed E-state index contributed by atoms with van der Waals surface area (Å²) in [6, 6.07) is 0. The van der Waals surface area contributed by atoms with E-state index >= 15 is 0 Å². The van der Waals surface area contributed by atoms with Crippen molar-refractivity contribution in [2.75, 3.05) is 6.61 Å². The molecule has 0 saturated carbocycles. The van der Waals surface area contributed by atoms with Gasteiger partial charge >= 0.3 is 13.1 Å². The molecule has 2 aliphatic rings. The van der Waals surface area contributed by atoms with Crippen molar-refractivity contribution in [2.45, 2.75) is 32.5 Å². The fourth-order valence-corrected chi connectivity index (χ4v) is 1.73. The predicted octanol–water partition coefficient (Wildman–Crippen LogP) is 1.92. The average Bonchev–Trinajstić information content (AvgIpc) is 2.62. The van der Waals surface area contributed by atoms with Crippen LogP contribution in [0, 0.1) is 0 Å². The monoisotopic (exact) mass is 242 g/mol. The number of allylic oxidation sites excluding steroid dienone is 2. The fraction of sp³-hybridized carbons (Fsp3) is 0.545. The molecular weight excluding hydrogens is 226 g/mol. The fourth-order valence-electron chi connectivity index (χ4n) is 1.73. The molecule has 0 aromatic carbocycles. The van der Waals surface area contributed by atoms with E-state index in [2.05, 4.69) is 13.8 Å². The van der Waals surface area contributed by atoms with Crippen LogP contribution >= 0.6 is 0 Å². The third-order valence-corrected chi connectivity index (χ3v) is 2.52. The smallest absolute Gasteiger partial charge is 0.462 e. The van der Waals surface area contributed by atoms with Crippen LogP contribution in [-0.2, 0) is 9.45 Å². The Bertz CT molecular complexity index is 364. The molecule has 2 N–H and O–H groups in total. The van der Waals surface area contributed by atoms with Crippen molar-refractivity contribution in [1.82, 2.24) is 0 Å². The van der Waals surface area contributed by atoms with Crippen LogP contribution in [0.25, 0.3) is 0 Å². The lowest BCUT2D eigenvalue weighted by atomic mass is 9.66. The lowest BCUT2D eigenvalue weighted by Crippen LogP contribution is -2.20. The maximum Gasteiger partial charge on any atom is 0.462 e. The van der Waals surface area contributed by atoms with Gasteiger partial charge in [-0.2, -0.15) is 0 Å². The lowest BCUT2D eigenvalue weighted by Gasteiger charge is -2.16. The summed E-state index contributed by atoms with van der Waals surface area (Å²) >= 11 is 0. The zero-order valence-electron chi connectivity index (χ0n) is 9.94. The molecule has 1 atom stereocenters. The van der Waals surface area contributed by atoms with Crippen molar-refractivity contribution in [2.24, 2.45) is 0 Å². The van der Waals surface area contributed by atoms with E-state index in [4.69, 9.17) is 9.76 Å². The topological polar surface area (TPSA) is 66.8 Å². The minimum Gasteiger partial charge on any atom is -0.478 e. The first-order valence-corrected chi connectivity index (χ1v) is 5.63. The van der Waals surface area contributed by atoms with Crippen molar-refractivity contribution >= 4 is 13.1 Å². The highest BCUT2D eigenvalue weighted by molar-refractivity contribution is 6.47. The van der Waals surface area contributed by atoms with E-state index in [1.807, 2.05) is 0 Å². The second-order valence-electron chi connectivity index (χ2n) is 4.07. The van der Waals surface area contributed by atoms with E-state index in [-0.39, 0.29) is 18.6 Å². The SMILES string of the molecule is CCC.O=C(O)C1=CC(F)=C2COB(O)C2C1. The van der Waals surface area contributed by atoms with Crippen molar-refractivity contribution in [1.29, 1.82) is 0 Å². The summed E-state index contributed by atoms with van der Waals surface area (Å²) < 4.78 is 18.1. The predicted molar refractivity (Wildman–Crippen MR) is 62.1 cm³/mol. The van der Waals surface area contributed by atoms with Gasteiger partial charge in [0.15, 0.2) is 0 Å². The highest BCUT2D eigenvalue weighted by Gasteiger charge is 2.41. The van der Waals surface area contributed by atoms with E-state index in [0.717, 1.165) is 6.08 Å². The van der Waals surface area contributed by atoms with Gasteiger partial charge in [0.2, 0.25) is 0 Å². The summed E-state index contributed by atoms with van der Waals surface area (Å²) in [5.41, 5.74) is 0.336. The molecule has 0 amide bonds. The third kappa shape index (κ3) is 3.17. The molecule has 1 fully saturated rings. The molecule has 94 valence electrons. The largest absolute Gasteiger partial charge is 0.478 e. The number of halogens is 1. The Morgan fingerprint density at radius 1 is 1.65 bits per heavy atom. The lowest BCUT2D eigenvalue weighted by molar-refractivity contribution is -0.132. The second kappa shape index (κ2) is 5.98. The van der Waals surface area contributed by atoms with Crippen molar-refractivity contribution < 1.29 is 24.0 Å². The summed E-state index contributed by atoms with van der Waals surface area (Å²) in [5, 5.41) is 18.0. The third-order valence-electron chi connectivity index (χ3n) is 2.52. The quantitative estimate of drug-likeness (QED) is 0.689. The molecule has 0 bridgehead atoms. The summed E-state index contributed by atoms with van der Waals surface area (Å²) in [7, 11) is -1.08. The maximum absolute atomic E-state index is 13.3. The summed E-state index contributed by atoms with van der Waals surface area (Å²) in [6.45, 7) is 4.29. The summed E-state index contributed by atoms with van der Waals surface area (Å²) in [5.74, 6) is -2.28. The zero-order chi connectivity index (χ0) is 13.0. The van der Waals surface area contributed by atoms with Crippen LogP contribution in [0.15, 0.2) is 23.0 Å². The first-order chi connectivity index (χ1) is 8.01. The number of aliphatic carboxylic acids is 1. The number of rotatable bonds is 1. The van der Waals surface area contributed by atoms with Crippen molar-refractivity contribution in [3.8, 4) is 0 Å². The van der Waals surface area contributed by atoms with E-state index in [0.29, 0.717) is 5.57 Å². The van der Waals surface area contributed by atoms with Gasteiger partial charge in [0.05, 0.1) is 6.61 Å². The molecule has 1 aliphatic heterocycles. The van der Waals surface area contributed by atoms with Crippen LogP contribution < -0.4 is 0 Å². The van der Waals surface area contributed by atoms with Gasteiger partial charge in [-0.25, -0.2) is 9.18 Å². The molecule has 1 heterocycles. The highest BCUT2D eigenvalue weighted by Crippen LogP contribution is 2.40. The van der Waals surface area contributed by atoms with Gasteiger partial charge in [0.25, 0.3) is 0 Å². The molecule has 0 radical (unpaired) electrons. The Balaban J connectivity index is 0.000000437. The Morgan fingerprint density at radius 2 is 2.24 bits per heavy atom. The summed E-state index contributed by atoms with van der Waals surface area (Å²) in [6.07, 6.45) is 2.37. The van der Waals surface area contributed by atoms with Crippen LogP contribution in [0.3, 0.4) is 0 Å². The van der Waals surface area contributed by atoms with Crippen LogP contribution in [0.4, 0.5) is 4.39 Å². The molecular formula is C11H16BFO4. The summed E-state index contributed by atoms with van der Waals surface area (Å²) in [4.78, 5) is 10.6. The van der Waals surface area contributed by atoms with E-state index in [1.165, 1.54) is 6.42 Å².